The molecule has 1 amide bonds. The molecule has 1 aromatic rings. The molecule has 78 valence electrons. The average Bonchev–Trinajstić information content (AvgIpc) is 2.52. The minimum Gasteiger partial charge on any atom is -0.381 e. The van der Waals surface area contributed by atoms with Gasteiger partial charge in [-0.3, -0.25) is 4.79 Å². The molecule has 0 aliphatic rings. The van der Waals surface area contributed by atoms with Gasteiger partial charge in [0.2, 0.25) is 5.91 Å². The molecule has 1 rings (SSSR count). The quantitative estimate of drug-likeness (QED) is 0.639. The molecule has 0 fully saturated rings. The molecule has 0 unspecified atom stereocenters. The van der Waals surface area contributed by atoms with E-state index in [2.05, 4.69) is 22.6 Å². The number of hydrogen-bond acceptors (Lipinski definition) is 4. The number of rotatable bonds is 5. The zero-order valence-electron chi connectivity index (χ0n) is 8.23. The fourth-order valence-electron chi connectivity index (χ4n) is 0.998. The largest absolute Gasteiger partial charge is 0.381 e. The highest BCUT2D eigenvalue weighted by Gasteiger charge is 2.03. The Bertz CT molecular complexity index is 296. The van der Waals surface area contributed by atoms with Crippen molar-refractivity contribution in [3.8, 4) is 0 Å². The van der Waals surface area contributed by atoms with Crippen molar-refractivity contribution in [2.24, 2.45) is 0 Å². The van der Waals surface area contributed by atoms with Gasteiger partial charge in [-0.25, -0.2) is 4.68 Å². The zero-order valence-corrected chi connectivity index (χ0v) is 8.23. The Hall–Kier alpha value is -1.59. The van der Waals surface area contributed by atoms with Crippen molar-refractivity contribution >= 4 is 11.7 Å². The third-order valence-corrected chi connectivity index (χ3v) is 1.71. The van der Waals surface area contributed by atoms with Crippen molar-refractivity contribution in [1.82, 2.24) is 20.3 Å². The second-order valence-corrected chi connectivity index (χ2v) is 3.04. The lowest BCUT2D eigenvalue weighted by molar-refractivity contribution is -0.121. The summed E-state index contributed by atoms with van der Waals surface area (Å²) in [6, 6.07) is 0. The van der Waals surface area contributed by atoms with E-state index in [4.69, 9.17) is 5.73 Å². The minimum absolute atomic E-state index is 0.0663. The second kappa shape index (κ2) is 5.21. The Labute approximate surface area is 82.5 Å². The first-order valence-corrected chi connectivity index (χ1v) is 4.64. The van der Waals surface area contributed by atoms with Crippen molar-refractivity contribution in [3.63, 3.8) is 0 Å². The van der Waals surface area contributed by atoms with Gasteiger partial charge < -0.3 is 11.1 Å². The number of anilines is 1. The number of nitrogens with one attached hydrogen (secondary N) is 1. The number of unbranched alkanes of at least 4 members (excludes halogenated alkanes) is 1. The van der Waals surface area contributed by atoms with E-state index in [1.165, 1.54) is 10.9 Å². The van der Waals surface area contributed by atoms with Gasteiger partial charge in [-0.15, -0.1) is 5.10 Å². The first-order chi connectivity index (χ1) is 6.72. The van der Waals surface area contributed by atoms with Crippen LogP contribution in [0.5, 0.6) is 0 Å². The molecule has 3 N–H and O–H groups in total. The third kappa shape index (κ3) is 3.42. The molecule has 1 heterocycles. The maximum absolute atomic E-state index is 11.3. The van der Waals surface area contributed by atoms with Crippen LogP contribution in [0, 0.1) is 0 Å². The Morgan fingerprint density at radius 3 is 3.07 bits per heavy atom. The maximum atomic E-state index is 11.3. The lowest BCUT2D eigenvalue weighted by Crippen LogP contribution is -2.28. The van der Waals surface area contributed by atoms with Crippen LogP contribution >= 0.6 is 0 Å². The van der Waals surface area contributed by atoms with Crippen LogP contribution in [0.2, 0.25) is 0 Å². The fourth-order valence-corrected chi connectivity index (χ4v) is 0.998. The highest BCUT2D eigenvalue weighted by Crippen LogP contribution is 1.92. The van der Waals surface area contributed by atoms with Gasteiger partial charge >= 0.3 is 0 Å². The average molecular weight is 197 g/mol. The van der Waals surface area contributed by atoms with Gasteiger partial charge in [0.1, 0.15) is 6.54 Å². The topological polar surface area (TPSA) is 85.8 Å². The summed E-state index contributed by atoms with van der Waals surface area (Å²) in [5.41, 5.74) is 5.35. The van der Waals surface area contributed by atoms with Gasteiger partial charge in [0, 0.05) is 6.54 Å². The van der Waals surface area contributed by atoms with Crippen LogP contribution in [0.1, 0.15) is 19.8 Å². The van der Waals surface area contributed by atoms with Crippen molar-refractivity contribution in [3.05, 3.63) is 6.20 Å². The van der Waals surface area contributed by atoms with Crippen molar-refractivity contribution < 1.29 is 4.79 Å². The molecular formula is C8H15N5O. The summed E-state index contributed by atoms with van der Waals surface area (Å²) >= 11 is 0. The van der Waals surface area contributed by atoms with E-state index in [0.717, 1.165) is 12.8 Å². The van der Waals surface area contributed by atoms with Crippen molar-refractivity contribution in [1.29, 1.82) is 0 Å². The summed E-state index contributed by atoms with van der Waals surface area (Å²) in [5, 5.41) is 10.0. The molecule has 6 nitrogen and oxygen atoms in total. The molecule has 0 atom stereocenters. The van der Waals surface area contributed by atoms with Gasteiger partial charge in [-0.05, 0) is 6.42 Å². The zero-order chi connectivity index (χ0) is 10.4. The molecule has 6 heteroatoms. The molecule has 0 bridgehead atoms. The lowest BCUT2D eigenvalue weighted by Gasteiger charge is -2.02. The van der Waals surface area contributed by atoms with E-state index in [1.54, 1.807) is 0 Å². The van der Waals surface area contributed by atoms with Gasteiger partial charge in [-0.1, -0.05) is 18.6 Å². The second-order valence-electron chi connectivity index (χ2n) is 3.04. The molecule has 0 saturated carbocycles. The van der Waals surface area contributed by atoms with E-state index >= 15 is 0 Å². The van der Waals surface area contributed by atoms with E-state index in [9.17, 15) is 4.79 Å². The van der Waals surface area contributed by atoms with Crippen LogP contribution in [0.15, 0.2) is 6.20 Å². The number of carbonyl (C=O) groups is 1. The molecule has 14 heavy (non-hydrogen) atoms. The summed E-state index contributed by atoms with van der Waals surface area (Å²) < 4.78 is 1.41. The van der Waals surface area contributed by atoms with E-state index < -0.39 is 0 Å². The molecule has 0 aliphatic heterocycles. The predicted molar refractivity (Wildman–Crippen MR) is 52.4 cm³/mol. The van der Waals surface area contributed by atoms with Crippen LogP contribution in [0.25, 0.3) is 0 Å². The van der Waals surface area contributed by atoms with Crippen LogP contribution in [0.4, 0.5) is 5.82 Å². The summed E-state index contributed by atoms with van der Waals surface area (Å²) in [7, 11) is 0. The predicted octanol–water partition coefficient (Wildman–Crippen LogP) is -0.223. The van der Waals surface area contributed by atoms with Crippen LogP contribution in [-0.2, 0) is 11.3 Å². The van der Waals surface area contributed by atoms with Gasteiger partial charge in [0.15, 0.2) is 5.82 Å². The van der Waals surface area contributed by atoms with E-state index in [1.807, 2.05) is 0 Å². The minimum atomic E-state index is -0.0663. The van der Waals surface area contributed by atoms with Gasteiger partial charge in [0.05, 0.1) is 6.20 Å². The molecule has 0 aliphatic carbocycles. The number of nitrogens with two attached hydrogens (primary N) is 1. The maximum Gasteiger partial charge on any atom is 0.241 e. The Morgan fingerprint density at radius 1 is 1.71 bits per heavy atom. The molecule has 0 saturated heterocycles. The van der Waals surface area contributed by atoms with Crippen LogP contribution < -0.4 is 11.1 Å². The number of aromatic nitrogens is 3. The van der Waals surface area contributed by atoms with Crippen molar-refractivity contribution in [2.45, 2.75) is 26.3 Å². The molecular weight excluding hydrogens is 182 g/mol. The lowest BCUT2D eigenvalue weighted by atomic mass is 10.3. The molecule has 1 aromatic heterocycles. The number of amides is 1. The standard InChI is InChI=1S/C8H15N5O/c1-2-3-4-10-8(14)6-13-5-7(9)11-12-13/h5H,2-4,6,9H2,1H3,(H,10,14). The summed E-state index contributed by atoms with van der Waals surface area (Å²) in [6.45, 7) is 2.96. The smallest absolute Gasteiger partial charge is 0.241 e. The summed E-state index contributed by atoms with van der Waals surface area (Å²) in [4.78, 5) is 11.3. The Kier molecular flexibility index (Phi) is 3.90. The van der Waals surface area contributed by atoms with Crippen molar-refractivity contribution in [2.75, 3.05) is 12.3 Å². The van der Waals surface area contributed by atoms with Crippen LogP contribution in [-0.4, -0.2) is 27.4 Å². The van der Waals surface area contributed by atoms with Crippen LogP contribution in [0.3, 0.4) is 0 Å². The highest BCUT2D eigenvalue weighted by atomic mass is 16.2. The molecule has 0 spiro atoms. The summed E-state index contributed by atoms with van der Waals surface area (Å²) in [6.07, 6.45) is 3.58. The third-order valence-electron chi connectivity index (χ3n) is 1.71. The van der Waals surface area contributed by atoms with E-state index in [-0.39, 0.29) is 12.5 Å². The van der Waals surface area contributed by atoms with E-state index in [0.29, 0.717) is 12.4 Å². The normalized spacial score (nSPS) is 10.1. The molecule has 0 radical (unpaired) electrons. The first-order valence-electron chi connectivity index (χ1n) is 4.64. The first kappa shape index (κ1) is 10.5. The fraction of sp³-hybridized carbons (Fsp3) is 0.625. The SMILES string of the molecule is CCCCNC(=O)Cn1cc(N)nn1. The number of nitrogen functional groups attached to an aromatic ring is 1. The summed E-state index contributed by atoms with van der Waals surface area (Å²) in [5.74, 6) is 0.259. The van der Waals surface area contributed by atoms with Gasteiger partial charge in [-0.2, -0.15) is 0 Å². The van der Waals surface area contributed by atoms with Gasteiger partial charge in [0.25, 0.3) is 0 Å². The monoisotopic (exact) mass is 197 g/mol. The number of hydrogen-bond donors (Lipinski definition) is 2. The number of nitrogens with zero attached hydrogens (tertiary/aromatic N) is 3. The highest BCUT2D eigenvalue weighted by molar-refractivity contribution is 5.75. The number of carbonyl (C=O) groups excluding carboxylic acids is 1. The Balaban J connectivity index is 2.27. The Morgan fingerprint density at radius 2 is 2.50 bits per heavy atom. The molecule has 0 aromatic carbocycles.